The van der Waals surface area contributed by atoms with Crippen LogP contribution in [0.4, 0.5) is 0 Å². The average Bonchev–Trinajstić information content (AvgIpc) is 2.86. The number of fused-ring (bicyclic) bond motifs is 1. The van der Waals surface area contributed by atoms with Gasteiger partial charge in [-0.3, -0.25) is 0 Å². The Morgan fingerprint density at radius 1 is 1.10 bits per heavy atom. The van der Waals surface area contributed by atoms with E-state index < -0.39 is 0 Å². The first kappa shape index (κ1) is 13.8. The fraction of sp³-hybridized carbons (Fsp3) is 0.333. The van der Waals surface area contributed by atoms with Crippen LogP contribution in [0.3, 0.4) is 0 Å². The molecule has 2 aromatic carbocycles. The first-order valence-electron chi connectivity index (χ1n) is 7.21. The Morgan fingerprint density at radius 2 is 1.85 bits per heavy atom. The second-order valence-electron chi connectivity index (χ2n) is 6.03. The van der Waals surface area contributed by atoms with Crippen LogP contribution in [-0.4, -0.2) is 0 Å². The maximum absolute atomic E-state index is 6.59. The van der Waals surface area contributed by atoms with Crippen molar-refractivity contribution in [1.82, 2.24) is 0 Å². The molecule has 0 heterocycles. The molecule has 1 aliphatic carbocycles. The maximum atomic E-state index is 6.59. The molecule has 0 amide bonds. The van der Waals surface area contributed by atoms with E-state index in [-0.39, 0.29) is 5.54 Å². The molecule has 1 nitrogen and oxygen atoms in total. The molecule has 3 rings (SSSR count). The molecule has 1 aliphatic rings. The minimum atomic E-state index is -0.354. The molecule has 20 heavy (non-hydrogen) atoms. The van der Waals surface area contributed by atoms with Gasteiger partial charge in [0.2, 0.25) is 0 Å². The first-order valence-corrected chi connectivity index (χ1v) is 8.00. The molecule has 0 aliphatic heterocycles. The molecule has 0 fully saturated rings. The lowest BCUT2D eigenvalue weighted by molar-refractivity contribution is 0.489. The van der Waals surface area contributed by atoms with Crippen molar-refractivity contribution in [1.29, 1.82) is 0 Å². The van der Waals surface area contributed by atoms with E-state index in [1.807, 2.05) is 12.1 Å². The molecule has 2 heteroatoms. The standard InChI is InChI=1S/C18H20BrN/c1-18(20,16-7-2-3-8-17(16)19)12-13-9-10-14-5-4-6-15(14)11-13/h2-3,7-11H,4-6,12,20H2,1H3. The van der Waals surface area contributed by atoms with Gasteiger partial charge in [0.1, 0.15) is 0 Å². The van der Waals surface area contributed by atoms with Crippen molar-refractivity contribution >= 4 is 15.9 Å². The number of nitrogens with two attached hydrogens (primary N) is 1. The summed E-state index contributed by atoms with van der Waals surface area (Å²) in [6.07, 6.45) is 4.62. The molecule has 1 unspecified atom stereocenters. The van der Waals surface area contributed by atoms with Crippen LogP contribution in [-0.2, 0) is 24.8 Å². The van der Waals surface area contributed by atoms with E-state index in [2.05, 4.69) is 53.2 Å². The van der Waals surface area contributed by atoms with Crippen molar-refractivity contribution in [2.75, 3.05) is 0 Å². The molecule has 0 saturated heterocycles. The van der Waals surface area contributed by atoms with Gasteiger partial charge in [-0.2, -0.15) is 0 Å². The van der Waals surface area contributed by atoms with Gasteiger partial charge in [0.15, 0.2) is 0 Å². The molecule has 0 bridgehead atoms. The lowest BCUT2D eigenvalue weighted by Gasteiger charge is -2.27. The zero-order chi connectivity index (χ0) is 14.2. The van der Waals surface area contributed by atoms with Crippen LogP contribution in [0.15, 0.2) is 46.9 Å². The van der Waals surface area contributed by atoms with E-state index in [9.17, 15) is 0 Å². The van der Waals surface area contributed by atoms with Crippen molar-refractivity contribution in [2.24, 2.45) is 5.73 Å². The molecule has 0 spiro atoms. The summed E-state index contributed by atoms with van der Waals surface area (Å²) in [5.74, 6) is 0. The molecular formula is C18H20BrN. The van der Waals surface area contributed by atoms with Gasteiger partial charge in [-0.15, -0.1) is 0 Å². The van der Waals surface area contributed by atoms with Crippen molar-refractivity contribution in [3.05, 3.63) is 69.2 Å². The normalized spacial score (nSPS) is 16.8. The minimum absolute atomic E-state index is 0.354. The predicted octanol–water partition coefficient (Wildman–Crippen LogP) is 4.35. The van der Waals surface area contributed by atoms with Gasteiger partial charge in [0.05, 0.1) is 0 Å². The van der Waals surface area contributed by atoms with Gasteiger partial charge < -0.3 is 5.73 Å². The van der Waals surface area contributed by atoms with Crippen LogP contribution in [0.25, 0.3) is 0 Å². The Kier molecular flexibility index (Phi) is 3.70. The fourth-order valence-electron chi connectivity index (χ4n) is 3.18. The van der Waals surface area contributed by atoms with Crippen molar-refractivity contribution in [2.45, 2.75) is 38.1 Å². The number of benzene rings is 2. The molecule has 0 radical (unpaired) electrons. The van der Waals surface area contributed by atoms with Crippen LogP contribution >= 0.6 is 15.9 Å². The van der Waals surface area contributed by atoms with Gasteiger partial charge >= 0.3 is 0 Å². The Bertz CT molecular complexity index is 631. The van der Waals surface area contributed by atoms with Gasteiger partial charge in [-0.25, -0.2) is 0 Å². The highest BCUT2D eigenvalue weighted by molar-refractivity contribution is 9.10. The van der Waals surface area contributed by atoms with E-state index in [1.165, 1.54) is 41.5 Å². The molecular weight excluding hydrogens is 310 g/mol. The third-order valence-corrected chi connectivity index (χ3v) is 4.91. The van der Waals surface area contributed by atoms with Crippen LogP contribution in [0.2, 0.25) is 0 Å². The minimum Gasteiger partial charge on any atom is -0.321 e. The third kappa shape index (κ3) is 2.68. The molecule has 0 aromatic heterocycles. The largest absolute Gasteiger partial charge is 0.321 e. The number of hydrogen-bond acceptors (Lipinski definition) is 1. The average molecular weight is 330 g/mol. The van der Waals surface area contributed by atoms with E-state index in [0.29, 0.717) is 0 Å². The van der Waals surface area contributed by atoms with Crippen LogP contribution < -0.4 is 5.73 Å². The van der Waals surface area contributed by atoms with Gasteiger partial charge in [0.25, 0.3) is 0 Å². The number of rotatable bonds is 3. The van der Waals surface area contributed by atoms with E-state index in [4.69, 9.17) is 5.73 Å². The summed E-state index contributed by atoms with van der Waals surface area (Å²) in [5.41, 5.74) is 11.8. The Balaban J connectivity index is 1.88. The quantitative estimate of drug-likeness (QED) is 0.889. The predicted molar refractivity (Wildman–Crippen MR) is 87.9 cm³/mol. The van der Waals surface area contributed by atoms with Gasteiger partial charge in [-0.05, 0) is 60.9 Å². The van der Waals surface area contributed by atoms with Gasteiger partial charge in [-0.1, -0.05) is 52.3 Å². The fourth-order valence-corrected chi connectivity index (χ4v) is 3.92. The van der Waals surface area contributed by atoms with Crippen molar-refractivity contribution < 1.29 is 0 Å². The lowest BCUT2D eigenvalue weighted by Crippen LogP contribution is -2.35. The lowest BCUT2D eigenvalue weighted by atomic mass is 9.86. The zero-order valence-corrected chi connectivity index (χ0v) is 13.4. The Morgan fingerprint density at radius 3 is 2.65 bits per heavy atom. The number of aryl methyl sites for hydroxylation is 2. The molecule has 2 N–H and O–H groups in total. The SMILES string of the molecule is CC(N)(Cc1ccc2c(c1)CCC2)c1ccccc1Br. The summed E-state index contributed by atoms with van der Waals surface area (Å²) >= 11 is 3.62. The number of halogens is 1. The van der Waals surface area contributed by atoms with Crippen molar-refractivity contribution in [3.8, 4) is 0 Å². The smallest absolute Gasteiger partial charge is 0.0433 e. The second-order valence-corrected chi connectivity index (χ2v) is 6.89. The van der Waals surface area contributed by atoms with Crippen LogP contribution in [0.5, 0.6) is 0 Å². The Labute approximate surface area is 129 Å². The summed E-state index contributed by atoms with van der Waals surface area (Å²) in [4.78, 5) is 0. The highest BCUT2D eigenvalue weighted by Crippen LogP contribution is 2.30. The molecule has 2 aromatic rings. The molecule has 104 valence electrons. The summed E-state index contributed by atoms with van der Waals surface area (Å²) in [7, 11) is 0. The molecule has 0 saturated carbocycles. The van der Waals surface area contributed by atoms with Gasteiger partial charge in [0, 0.05) is 10.0 Å². The summed E-state index contributed by atoms with van der Waals surface area (Å²) in [5, 5.41) is 0. The number of hydrogen-bond donors (Lipinski definition) is 1. The summed E-state index contributed by atoms with van der Waals surface area (Å²) < 4.78 is 1.09. The summed E-state index contributed by atoms with van der Waals surface area (Å²) in [6.45, 7) is 2.11. The van der Waals surface area contributed by atoms with E-state index in [1.54, 1.807) is 0 Å². The monoisotopic (exact) mass is 329 g/mol. The van der Waals surface area contributed by atoms with E-state index in [0.717, 1.165) is 10.9 Å². The highest BCUT2D eigenvalue weighted by atomic mass is 79.9. The first-order chi connectivity index (χ1) is 9.56. The Hall–Kier alpha value is -1.12. The van der Waals surface area contributed by atoms with Crippen molar-refractivity contribution in [3.63, 3.8) is 0 Å². The molecule has 1 atom stereocenters. The van der Waals surface area contributed by atoms with Crippen LogP contribution in [0, 0.1) is 0 Å². The second kappa shape index (κ2) is 5.34. The maximum Gasteiger partial charge on any atom is 0.0433 e. The zero-order valence-electron chi connectivity index (χ0n) is 11.8. The van der Waals surface area contributed by atoms with E-state index >= 15 is 0 Å². The third-order valence-electron chi connectivity index (χ3n) is 4.22. The summed E-state index contributed by atoms with van der Waals surface area (Å²) in [6, 6.07) is 15.1. The van der Waals surface area contributed by atoms with Crippen LogP contribution in [0.1, 0.15) is 35.6 Å². The highest BCUT2D eigenvalue weighted by Gasteiger charge is 2.24. The topological polar surface area (TPSA) is 26.0 Å².